The summed E-state index contributed by atoms with van der Waals surface area (Å²) < 4.78 is 5.38. The van der Waals surface area contributed by atoms with Crippen LogP contribution in [0.3, 0.4) is 0 Å². The van der Waals surface area contributed by atoms with E-state index in [1.165, 1.54) is 0 Å². The number of carbonyl (C=O) groups excluding carboxylic acids is 1. The molecule has 1 amide bonds. The monoisotopic (exact) mass is 342 g/mol. The number of nitrogens with zero attached hydrogens (tertiary/aromatic N) is 4. The van der Waals surface area contributed by atoms with E-state index in [1.54, 1.807) is 0 Å². The zero-order chi connectivity index (χ0) is 17.8. The Balaban J connectivity index is 1.64. The van der Waals surface area contributed by atoms with E-state index in [0.29, 0.717) is 12.4 Å². The first kappa shape index (κ1) is 17.6. The molecular formula is C19H26N4O2. The van der Waals surface area contributed by atoms with Crippen molar-refractivity contribution in [3.8, 4) is 0 Å². The van der Waals surface area contributed by atoms with Gasteiger partial charge >= 0.3 is 0 Å². The molecule has 0 bridgehead atoms. The first-order chi connectivity index (χ1) is 12.1. The summed E-state index contributed by atoms with van der Waals surface area (Å²) in [5.74, 6) is 1.52. The number of amides is 1. The maximum absolute atomic E-state index is 12.8. The van der Waals surface area contributed by atoms with Crippen molar-refractivity contribution in [2.45, 2.75) is 39.7 Å². The fourth-order valence-electron chi connectivity index (χ4n) is 3.23. The molecule has 1 unspecified atom stereocenters. The predicted molar refractivity (Wildman–Crippen MR) is 95.4 cm³/mol. The highest BCUT2D eigenvalue weighted by Gasteiger charge is 2.26. The van der Waals surface area contributed by atoms with Crippen LogP contribution in [0.15, 0.2) is 28.8 Å². The lowest BCUT2D eigenvalue weighted by Crippen LogP contribution is -2.36. The standard InChI is InChI=1S/C19H26N4O2/c1-4-17-20-18(25-21-17)15(3)22-9-6-10-23(12-11-22)19(24)16-8-5-7-14(2)13-16/h5,7-8,13,15H,4,6,9-12H2,1-3H3. The van der Waals surface area contributed by atoms with Crippen LogP contribution in [0, 0.1) is 6.92 Å². The molecule has 1 saturated heterocycles. The Hall–Kier alpha value is -2.21. The van der Waals surface area contributed by atoms with Crippen molar-refractivity contribution in [2.24, 2.45) is 0 Å². The summed E-state index contributed by atoms with van der Waals surface area (Å²) in [5, 5.41) is 3.99. The van der Waals surface area contributed by atoms with Crippen molar-refractivity contribution in [2.75, 3.05) is 26.2 Å². The van der Waals surface area contributed by atoms with E-state index in [4.69, 9.17) is 4.52 Å². The zero-order valence-electron chi connectivity index (χ0n) is 15.2. The number of aryl methyl sites for hydroxylation is 2. The summed E-state index contributed by atoms with van der Waals surface area (Å²) in [6.07, 6.45) is 1.71. The van der Waals surface area contributed by atoms with Gasteiger partial charge in [-0.1, -0.05) is 29.8 Å². The van der Waals surface area contributed by atoms with Crippen molar-refractivity contribution < 1.29 is 9.32 Å². The Bertz CT molecular complexity index is 728. The Morgan fingerprint density at radius 1 is 1.28 bits per heavy atom. The number of carbonyl (C=O) groups is 1. The molecule has 6 heteroatoms. The van der Waals surface area contributed by atoms with E-state index >= 15 is 0 Å². The Morgan fingerprint density at radius 2 is 2.12 bits per heavy atom. The van der Waals surface area contributed by atoms with E-state index in [1.807, 2.05) is 43.0 Å². The molecule has 0 radical (unpaired) electrons. The number of benzene rings is 1. The number of hydrogen-bond acceptors (Lipinski definition) is 5. The van der Waals surface area contributed by atoms with E-state index in [9.17, 15) is 4.79 Å². The molecule has 1 aromatic carbocycles. The van der Waals surface area contributed by atoms with Gasteiger partial charge in [0.05, 0.1) is 6.04 Å². The van der Waals surface area contributed by atoms with Crippen LogP contribution in [0.5, 0.6) is 0 Å². The summed E-state index contributed by atoms with van der Waals surface area (Å²) in [6.45, 7) is 9.33. The number of hydrogen-bond donors (Lipinski definition) is 0. The quantitative estimate of drug-likeness (QED) is 0.855. The third-order valence-electron chi connectivity index (χ3n) is 4.79. The Kier molecular flexibility index (Phi) is 5.48. The molecule has 6 nitrogen and oxygen atoms in total. The minimum Gasteiger partial charge on any atom is -0.338 e. The van der Waals surface area contributed by atoms with Gasteiger partial charge in [-0.3, -0.25) is 9.69 Å². The first-order valence-corrected chi connectivity index (χ1v) is 9.01. The molecule has 0 aliphatic carbocycles. The number of rotatable bonds is 4. The van der Waals surface area contributed by atoms with Crippen molar-refractivity contribution in [1.29, 1.82) is 0 Å². The van der Waals surface area contributed by atoms with Crippen LogP contribution in [0.1, 0.15) is 53.9 Å². The topological polar surface area (TPSA) is 62.5 Å². The summed E-state index contributed by atoms with van der Waals surface area (Å²) in [5.41, 5.74) is 1.88. The fraction of sp³-hybridized carbons (Fsp3) is 0.526. The largest absolute Gasteiger partial charge is 0.338 e. The fourth-order valence-corrected chi connectivity index (χ4v) is 3.23. The molecule has 1 aromatic heterocycles. The van der Waals surface area contributed by atoms with Gasteiger partial charge in [0.15, 0.2) is 5.82 Å². The second-order valence-electron chi connectivity index (χ2n) is 6.63. The van der Waals surface area contributed by atoms with Crippen LogP contribution in [0.25, 0.3) is 0 Å². The van der Waals surface area contributed by atoms with Crippen molar-refractivity contribution >= 4 is 5.91 Å². The molecule has 1 fully saturated rings. The molecule has 1 aliphatic heterocycles. The SMILES string of the molecule is CCc1noc(C(C)N2CCCN(C(=O)c3cccc(C)c3)CC2)n1. The van der Waals surface area contributed by atoms with Gasteiger partial charge in [0.2, 0.25) is 5.89 Å². The van der Waals surface area contributed by atoms with E-state index < -0.39 is 0 Å². The van der Waals surface area contributed by atoms with Crippen molar-refractivity contribution in [1.82, 2.24) is 19.9 Å². The van der Waals surface area contributed by atoms with Gasteiger partial charge in [0, 0.05) is 38.2 Å². The highest BCUT2D eigenvalue weighted by atomic mass is 16.5. The van der Waals surface area contributed by atoms with Gasteiger partial charge < -0.3 is 9.42 Å². The van der Waals surface area contributed by atoms with Gasteiger partial charge in [-0.2, -0.15) is 4.98 Å². The molecule has 134 valence electrons. The van der Waals surface area contributed by atoms with E-state index in [-0.39, 0.29) is 11.9 Å². The molecule has 2 aromatic rings. The van der Waals surface area contributed by atoms with Gasteiger partial charge in [0.1, 0.15) is 0 Å². The molecule has 1 aliphatic rings. The molecular weight excluding hydrogens is 316 g/mol. The second-order valence-corrected chi connectivity index (χ2v) is 6.63. The number of aromatic nitrogens is 2. The summed E-state index contributed by atoms with van der Waals surface area (Å²) in [6, 6.07) is 7.87. The average molecular weight is 342 g/mol. The van der Waals surface area contributed by atoms with Crippen LogP contribution in [-0.4, -0.2) is 52.0 Å². The van der Waals surface area contributed by atoms with Crippen LogP contribution in [0.4, 0.5) is 0 Å². The maximum Gasteiger partial charge on any atom is 0.253 e. The highest BCUT2D eigenvalue weighted by Crippen LogP contribution is 2.21. The van der Waals surface area contributed by atoms with E-state index in [2.05, 4.69) is 22.0 Å². The van der Waals surface area contributed by atoms with Crippen LogP contribution >= 0.6 is 0 Å². The molecule has 3 rings (SSSR count). The zero-order valence-corrected chi connectivity index (χ0v) is 15.2. The van der Waals surface area contributed by atoms with Gasteiger partial charge in [-0.05, 0) is 32.4 Å². The van der Waals surface area contributed by atoms with Crippen molar-refractivity contribution in [3.05, 3.63) is 47.1 Å². The Labute approximate surface area is 148 Å². The lowest BCUT2D eigenvalue weighted by Gasteiger charge is -2.25. The van der Waals surface area contributed by atoms with E-state index in [0.717, 1.165) is 49.4 Å². The Morgan fingerprint density at radius 3 is 2.84 bits per heavy atom. The average Bonchev–Trinajstić information content (AvgIpc) is 2.97. The summed E-state index contributed by atoms with van der Waals surface area (Å²) in [4.78, 5) is 21.5. The molecule has 0 saturated carbocycles. The predicted octanol–water partition coefficient (Wildman–Crippen LogP) is 2.85. The molecule has 2 heterocycles. The summed E-state index contributed by atoms with van der Waals surface area (Å²) in [7, 11) is 0. The lowest BCUT2D eigenvalue weighted by molar-refractivity contribution is 0.0757. The minimum atomic E-state index is 0.0711. The second kappa shape index (κ2) is 7.78. The smallest absolute Gasteiger partial charge is 0.253 e. The molecule has 0 N–H and O–H groups in total. The molecule has 1 atom stereocenters. The lowest BCUT2D eigenvalue weighted by atomic mass is 10.1. The minimum absolute atomic E-state index is 0.0711. The van der Waals surface area contributed by atoms with Crippen LogP contribution < -0.4 is 0 Å². The maximum atomic E-state index is 12.8. The normalized spacial score (nSPS) is 17.3. The first-order valence-electron chi connectivity index (χ1n) is 9.01. The van der Waals surface area contributed by atoms with Crippen molar-refractivity contribution in [3.63, 3.8) is 0 Å². The summed E-state index contributed by atoms with van der Waals surface area (Å²) >= 11 is 0. The third kappa shape index (κ3) is 4.07. The van der Waals surface area contributed by atoms with Gasteiger partial charge in [-0.25, -0.2) is 0 Å². The van der Waals surface area contributed by atoms with Gasteiger partial charge in [0.25, 0.3) is 5.91 Å². The van der Waals surface area contributed by atoms with Gasteiger partial charge in [-0.15, -0.1) is 0 Å². The van der Waals surface area contributed by atoms with Crippen LogP contribution in [0.2, 0.25) is 0 Å². The third-order valence-corrected chi connectivity index (χ3v) is 4.79. The highest BCUT2D eigenvalue weighted by molar-refractivity contribution is 5.94. The molecule has 25 heavy (non-hydrogen) atoms. The molecule has 0 spiro atoms. The van der Waals surface area contributed by atoms with Crippen LogP contribution in [-0.2, 0) is 6.42 Å².